The molecule has 0 unspecified atom stereocenters. The zero-order chi connectivity index (χ0) is 40.7. The Labute approximate surface area is 360 Å². The zero-order valence-electron chi connectivity index (χ0n) is 33.3. The third kappa shape index (κ3) is 5.49. The van der Waals surface area contributed by atoms with Gasteiger partial charge in [-0.1, -0.05) is 152 Å². The minimum Gasteiger partial charge on any atom is -0.309 e. The van der Waals surface area contributed by atoms with Crippen molar-refractivity contribution in [1.82, 2.24) is 19.5 Å². The fourth-order valence-electron chi connectivity index (χ4n) is 9.49. The van der Waals surface area contributed by atoms with Crippen LogP contribution < -0.4 is 0 Å². The maximum absolute atomic E-state index is 5.36. The van der Waals surface area contributed by atoms with E-state index in [0.29, 0.717) is 17.5 Å². The third-order valence-electron chi connectivity index (χ3n) is 12.4. The molecule has 288 valence electrons. The Morgan fingerprint density at radius 1 is 0.323 bits per heavy atom. The van der Waals surface area contributed by atoms with Gasteiger partial charge in [0.25, 0.3) is 0 Å². The number of rotatable bonds is 5. The first kappa shape index (κ1) is 34.8. The summed E-state index contributed by atoms with van der Waals surface area (Å²) in [4.78, 5) is 15.8. The second kappa shape index (κ2) is 13.8. The van der Waals surface area contributed by atoms with Gasteiger partial charge < -0.3 is 4.57 Å². The van der Waals surface area contributed by atoms with Crippen LogP contribution in [0, 0.1) is 0 Å². The van der Waals surface area contributed by atoms with Crippen LogP contribution in [0.25, 0.3) is 125 Å². The summed E-state index contributed by atoms with van der Waals surface area (Å²) in [7, 11) is 0. The van der Waals surface area contributed by atoms with Crippen LogP contribution >= 0.6 is 11.3 Å². The number of nitrogens with zero attached hydrogens (tertiary/aromatic N) is 4. The van der Waals surface area contributed by atoms with Crippen molar-refractivity contribution in [2.45, 2.75) is 0 Å². The fraction of sp³-hybridized carbons (Fsp3) is 0. The Balaban J connectivity index is 1.10. The van der Waals surface area contributed by atoms with E-state index in [1.165, 1.54) is 63.3 Å². The Morgan fingerprint density at radius 2 is 0.952 bits per heavy atom. The van der Waals surface area contributed by atoms with Crippen molar-refractivity contribution in [2.75, 3.05) is 0 Å². The molecule has 0 fully saturated rings. The number of benzene rings is 10. The molecule has 5 heteroatoms. The van der Waals surface area contributed by atoms with E-state index < -0.39 is 0 Å². The van der Waals surface area contributed by atoms with Gasteiger partial charge in [-0.05, 0) is 92.5 Å². The molecule has 0 amide bonds. The molecule has 13 rings (SSSR count). The summed E-state index contributed by atoms with van der Waals surface area (Å²) in [6.45, 7) is 0. The van der Waals surface area contributed by atoms with Crippen molar-refractivity contribution < 1.29 is 0 Å². The molecule has 0 atom stereocenters. The van der Waals surface area contributed by atoms with Crippen molar-refractivity contribution in [3.63, 3.8) is 0 Å². The summed E-state index contributed by atoms with van der Waals surface area (Å²) < 4.78 is 4.92. The highest BCUT2D eigenvalue weighted by molar-refractivity contribution is 7.25. The Morgan fingerprint density at radius 3 is 1.79 bits per heavy atom. The van der Waals surface area contributed by atoms with E-state index in [-0.39, 0.29) is 0 Å². The molecule has 0 bridgehead atoms. The van der Waals surface area contributed by atoms with E-state index >= 15 is 0 Å². The summed E-state index contributed by atoms with van der Waals surface area (Å²) in [5.41, 5.74) is 8.46. The SMILES string of the molecule is c1ccc(-c2nc(-c3ccc(-n4c5cc6ccccc6cc5c5c6ccccc6ccc54)c(-c4ccc5ccccc5c4)c3)nc(-c3cccc4sc5ccccc5c34)n2)cc1. The maximum atomic E-state index is 5.36. The second-order valence-corrected chi connectivity index (χ2v) is 17.1. The molecular formula is C57H34N4S. The van der Waals surface area contributed by atoms with Crippen LogP contribution in [0.2, 0.25) is 0 Å². The lowest BCUT2D eigenvalue weighted by atomic mass is 9.97. The summed E-state index contributed by atoms with van der Waals surface area (Å²) >= 11 is 1.80. The van der Waals surface area contributed by atoms with Crippen LogP contribution in [0.3, 0.4) is 0 Å². The number of fused-ring (bicyclic) bond motifs is 10. The molecule has 3 aromatic heterocycles. The molecule has 13 aromatic rings. The van der Waals surface area contributed by atoms with Crippen molar-refractivity contribution in [3.05, 3.63) is 206 Å². The second-order valence-electron chi connectivity index (χ2n) is 16.0. The standard InChI is InChI=1S/C57H34N4S/c1-2-15-37(16-3-1)55-58-56(60-57(59-55)45-22-12-24-52-54(45)44-21-10-11-23-51(44)62-52)42-28-29-48(46(33-42)41-26-25-35-13-4-5-17-38(35)31-41)61-49-30-27-36-14-8-9-20-43(36)53(49)47-32-39-18-6-7-19-40(39)34-50(47)61/h1-34H. The van der Waals surface area contributed by atoms with E-state index in [4.69, 9.17) is 15.0 Å². The number of thiophene rings is 1. The largest absolute Gasteiger partial charge is 0.309 e. The zero-order valence-corrected chi connectivity index (χ0v) is 34.1. The highest BCUT2D eigenvalue weighted by atomic mass is 32.1. The van der Waals surface area contributed by atoms with E-state index in [1.54, 1.807) is 11.3 Å². The van der Waals surface area contributed by atoms with E-state index in [0.717, 1.165) is 44.5 Å². The molecule has 4 nitrogen and oxygen atoms in total. The summed E-state index contributed by atoms with van der Waals surface area (Å²) in [5.74, 6) is 1.92. The average Bonchev–Trinajstić information content (AvgIpc) is 3.88. The molecule has 0 aliphatic heterocycles. The van der Waals surface area contributed by atoms with Gasteiger partial charge in [0.05, 0.1) is 16.7 Å². The third-order valence-corrected chi connectivity index (χ3v) is 13.5. The van der Waals surface area contributed by atoms with Gasteiger partial charge in [-0.3, -0.25) is 0 Å². The Hall–Kier alpha value is -7.99. The summed E-state index contributed by atoms with van der Waals surface area (Å²) in [5, 5.41) is 12.1. The first-order valence-electron chi connectivity index (χ1n) is 20.9. The van der Waals surface area contributed by atoms with E-state index in [2.05, 4.69) is 193 Å². The van der Waals surface area contributed by atoms with Crippen molar-refractivity contribution >= 4 is 85.6 Å². The molecule has 0 aliphatic carbocycles. The van der Waals surface area contributed by atoms with Gasteiger partial charge in [0.1, 0.15) is 0 Å². The molecule has 3 heterocycles. The van der Waals surface area contributed by atoms with Crippen LogP contribution in [0.5, 0.6) is 0 Å². The van der Waals surface area contributed by atoms with Gasteiger partial charge in [-0.2, -0.15) is 0 Å². The van der Waals surface area contributed by atoms with Gasteiger partial charge in [0.2, 0.25) is 0 Å². The van der Waals surface area contributed by atoms with Gasteiger partial charge in [-0.25, -0.2) is 15.0 Å². The topological polar surface area (TPSA) is 43.6 Å². The number of hydrogen-bond donors (Lipinski definition) is 0. The Bertz CT molecular complexity index is 3940. The summed E-state index contributed by atoms with van der Waals surface area (Å²) in [6.07, 6.45) is 0. The smallest absolute Gasteiger partial charge is 0.164 e. The predicted octanol–water partition coefficient (Wildman–Crippen LogP) is 15.5. The average molecular weight is 807 g/mol. The van der Waals surface area contributed by atoms with Gasteiger partial charge >= 0.3 is 0 Å². The first-order chi connectivity index (χ1) is 30.7. The molecule has 0 radical (unpaired) electrons. The van der Waals surface area contributed by atoms with Crippen LogP contribution in [-0.2, 0) is 0 Å². The molecular weight excluding hydrogens is 773 g/mol. The minimum absolute atomic E-state index is 0.623. The van der Waals surface area contributed by atoms with Crippen LogP contribution in [0.1, 0.15) is 0 Å². The van der Waals surface area contributed by atoms with E-state index in [1.807, 2.05) is 18.2 Å². The Kier molecular flexibility index (Phi) is 7.74. The molecule has 0 aliphatic rings. The lowest BCUT2D eigenvalue weighted by Crippen LogP contribution is -2.02. The number of aromatic nitrogens is 4. The normalized spacial score (nSPS) is 11.9. The predicted molar refractivity (Wildman–Crippen MR) is 261 cm³/mol. The van der Waals surface area contributed by atoms with Crippen molar-refractivity contribution in [2.24, 2.45) is 0 Å². The van der Waals surface area contributed by atoms with Gasteiger partial charge in [0, 0.05) is 53.2 Å². The molecule has 10 aromatic carbocycles. The molecule has 0 saturated heterocycles. The van der Waals surface area contributed by atoms with Crippen LogP contribution in [-0.4, -0.2) is 19.5 Å². The van der Waals surface area contributed by atoms with Crippen LogP contribution in [0.15, 0.2) is 206 Å². The molecule has 0 saturated carbocycles. The fourth-order valence-corrected chi connectivity index (χ4v) is 10.6. The quantitative estimate of drug-likeness (QED) is 0.174. The lowest BCUT2D eigenvalue weighted by molar-refractivity contribution is 1.08. The van der Waals surface area contributed by atoms with Gasteiger partial charge in [0.15, 0.2) is 17.5 Å². The summed E-state index contributed by atoms with van der Waals surface area (Å²) in [6, 6.07) is 74.1. The maximum Gasteiger partial charge on any atom is 0.164 e. The van der Waals surface area contributed by atoms with Crippen LogP contribution in [0.4, 0.5) is 0 Å². The monoisotopic (exact) mass is 806 g/mol. The minimum atomic E-state index is 0.623. The lowest BCUT2D eigenvalue weighted by Gasteiger charge is -2.17. The van der Waals surface area contributed by atoms with E-state index in [9.17, 15) is 0 Å². The molecule has 62 heavy (non-hydrogen) atoms. The van der Waals surface area contributed by atoms with Crippen molar-refractivity contribution in [1.29, 1.82) is 0 Å². The molecule has 0 N–H and O–H groups in total. The molecule has 0 spiro atoms. The van der Waals surface area contributed by atoms with Gasteiger partial charge in [-0.15, -0.1) is 11.3 Å². The highest BCUT2D eigenvalue weighted by Gasteiger charge is 2.22. The highest BCUT2D eigenvalue weighted by Crippen LogP contribution is 2.43. The first-order valence-corrected chi connectivity index (χ1v) is 21.7. The van der Waals surface area contributed by atoms with Crippen molar-refractivity contribution in [3.8, 4) is 51.0 Å². The number of hydrogen-bond acceptors (Lipinski definition) is 4.